The zero-order valence-electron chi connectivity index (χ0n) is 13.4. The molecule has 1 aliphatic rings. The first-order valence-electron chi connectivity index (χ1n) is 8.02. The summed E-state index contributed by atoms with van der Waals surface area (Å²) in [7, 11) is 2.03. The predicted molar refractivity (Wildman–Crippen MR) is 81.4 cm³/mol. The highest BCUT2D eigenvalue weighted by atomic mass is 15.0. The Kier molecular flexibility index (Phi) is 3.46. The van der Waals surface area contributed by atoms with Gasteiger partial charge in [-0.05, 0) is 31.2 Å². The fourth-order valence-corrected chi connectivity index (χ4v) is 3.20. The van der Waals surface area contributed by atoms with E-state index in [1.807, 2.05) is 19.6 Å². The number of hydrogen-bond donors (Lipinski definition) is 0. The van der Waals surface area contributed by atoms with Crippen LogP contribution in [-0.2, 0) is 7.05 Å². The Hall–Kier alpha value is -1.70. The van der Waals surface area contributed by atoms with Crippen LogP contribution in [0.2, 0.25) is 0 Å². The van der Waals surface area contributed by atoms with E-state index in [1.165, 1.54) is 17.5 Å². The third-order valence-corrected chi connectivity index (χ3v) is 4.29. The maximum absolute atomic E-state index is 8.97. The predicted octanol–water partition coefficient (Wildman–Crippen LogP) is 3.93. The highest BCUT2D eigenvalue weighted by Crippen LogP contribution is 2.36. The van der Waals surface area contributed by atoms with E-state index in [0.717, 1.165) is 36.9 Å². The van der Waals surface area contributed by atoms with Crippen molar-refractivity contribution in [2.24, 2.45) is 7.05 Å². The van der Waals surface area contributed by atoms with Crippen LogP contribution in [0.4, 0.5) is 0 Å². The molecule has 0 saturated heterocycles. The van der Waals surface area contributed by atoms with Gasteiger partial charge in [0.25, 0.3) is 6.33 Å². The van der Waals surface area contributed by atoms with Crippen molar-refractivity contribution in [1.82, 2.24) is 4.98 Å². The molecule has 0 spiro atoms. The minimum Gasteiger partial charge on any atom is -0.232 e. The molecule has 2 nitrogen and oxygen atoms in total. The van der Waals surface area contributed by atoms with Gasteiger partial charge in [-0.25, -0.2) is 4.57 Å². The van der Waals surface area contributed by atoms with Gasteiger partial charge in [-0.3, -0.25) is 0 Å². The number of aromatic nitrogens is 2. The second-order valence-electron chi connectivity index (χ2n) is 5.75. The van der Waals surface area contributed by atoms with E-state index in [2.05, 4.69) is 40.7 Å². The Labute approximate surface area is 122 Å². The third-order valence-electron chi connectivity index (χ3n) is 4.29. The smallest absolute Gasteiger partial charge is 0.232 e. The molecule has 1 saturated carbocycles. The molecule has 0 bridgehead atoms. The summed E-state index contributed by atoms with van der Waals surface area (Å²) in [5.41, 5.74) is 4.70. The number of aryl methyl sites for hydroxylation is 2. The Balaban J connectivity index is 2.19. The minimum atomic E-state index is -0.484. The van der Waals surface area contributed by atoms with Crippen LogP contribution < -0.4 is 4.57 Å². The Morgan fingerprint density at radius 2 is 1.95 bits per heavy atom. The lowest BCUT2D eigenvalue weighted by molar-refractivity contribution is -0.664. The summed E-state index contributed by atoms with van der Waals surface area (Å²) in [6, 6.07) is 8.43. The molecule has 104 valence electrons. The second kappa shape index (κ2) is 5.74. The van der Waals surface area contributed by atoms with Gasteiger partial charge in [0.1, 0.15) is 11.9 Å². The molecule has 1 aliphatic carbocycles. The molecule has 0 unspecified atom stereocenters. The van der Waals surface area contributed by atoms with Crippen LogP contribution in [-0.4, -0.2) is 4.98 Å². The minimum absolute atomic E-state index is 0.484. The molecule has 2 aromatic rings. The first-order chi connectivity index (χ1) is 10.1. The molecular formula is C18H23N2+. The van der Waals surface area contributed by atoms with E-state index in [-0.39, 0.29) is 0 Å². The molecular weight excluding hydrogens is 244 g/mol. The largest absolute Gasteiger partial charge is 0.286 e. The maximum atomic E-state index is 8.97. The average Bonchev–Trinajstić information content (AvgIpc) is 2.49. The van der Waals surface area contributed by atoms with E-state index in [4.69, 9.17) is 1.37 Å². The van der Waals surface area contributed by atoms with Gasteiger partial charge in [-0.15, -0.1) is 0 Å². The summed E-state index contributed by atoms with van der Waals surface area (Å²) in [4.78, 5) is 4.36. The van der Waals surface area contributed by atoms with Crippen molar-refractivity contribution in [1.29, 1.82) is 0 Å². The summed E-state index contributed by atoms with van der Waals surface area (Å²) in [6.45, 7) is 2.14. The standard InChI is InChI=1S/C18H23N2/c1-14-8-6-7-11-16(14)18-17(12-19-13-20(18)2)15-9-4-3-5-10-15/h6-8,11-13,15H,3-5,9-10H2,1-2H3/q+1/i15D. The van der Waals surface area contributed by atoms with Crippen LogP contribution in [0, 0.1) is 6.92 Å². The van der Waals surface area contributed by atoms with Crippen LogP contribution in [0.25, 0.3) is 11.3 Å². The lowest BCUT2D eigenvalue weighted by atomic mass is 9.82. The fraction of sp³-hybridized carbons (Fsp3) is 0.444. The lowest BCUT2D eigenvalue weighted by Crippen LogP contribution is -2.33. The Morgan fingerprint density at radius 1 is 1.20 bits per heavy atom. The van der Waals surface area contributed by atoms with Crippen LogP contribution in [0.15, 0.2) is 36.8 Å². The third kappa shape index (κ3) is 2.47. The normalized spacial score (nSPS) is 18.6. The summed E-state index contributed by atoms with van der Waals surface area (Å²) < 4.78 is 11.0. The quantitative estimate of drug-likeness (QED) is 0.754. The molecule has 1 aromatic carbocycles. The van der Waals surface area contributed by atoms with Crippen LogP contribution in [0.5, 0.6) is 0 Å². The van der Waals surface area contributed by atoms with Crippen molar-refractivity contribution in [3.63, 3.8) is 0 Å². The van der Waals surface area contributed by atoms with Crippen LogP contribution in [0.3, 0.4) is 0 Å². The number of nitrogens with zero attached hydrogens (tertiary/aromatic N) is 2. The van der Waals surface area contributed by atoms with Crippen molar-refractivity contribution < 1.29 is 5.94 Å². The molecule has 1 fully saturated rings. The zero-order chi connectivity index (χ0) is 14.9. The van der Waals surface area contributed by atoms with Gasteiger partial charge >= 0.3 is 0 Å². The van der Waals surface area contributed by atoms with Gasteiger partial charge in [0, 0.05) is 12.5 Å². The van der Waals surface area contributed by atoms with E-state index in [0.29, 0.717) is 0 Å². The summed E-state index contributed by atoms with van der Waals surface area (Å²) in [5, 5.41) is 0. The second-order valence-corrected chi connectivity index (χ2v) is 5.75. The van der Waals surface area contributed by atoms with Gasteiger partial charge < -0.3 is 0 Å². The average molecular weight is 268 g/mol. The number of benzene rings is 1. The first-order valence-corrected chi connectivity index (χ1v) is 7.52. The topological polar surface area (TPSA) is 16.8 Å². The SMILES string of the molecule is [2H]C1(c2cnc[n+](C)c2-c2ccccc2C)CCCCC1. The van der Waals surface area contributed by atoms with Gasteiger partial charge in [0.15, 0.2) is 0 Å². The van der Waals surface area contributed by atoms with E-state index < -0.39 is 5.89 Å². The number of hydrogen-bond acceptors (Lipinski definition) is 1. The highest BCUT2D eigenvalue weighted by molar-refractivity contribution is 5.64. The van der Waals surface area contributed by atoms with Gasteiger partial charge in [0.05, 0.1) is 7.05 Å². The van der Waals surface area contributed by atoms with Crippen molar-refractivity contribution in [2.45, 2.75) is 44.9 Å². The Morgan fingerprint density at radius 3 is 2.70 bits per heavy atom. The Bertz CT molecular complexity index is 645. The first kappa shape index (κ1) is 12.1. The molecule has 2 heteroatoms. The van der Waals surface area contributed by atoms with Crippen molar-refractivity contribution in [2.75, 3.05) is 0 Å². The summed E-state index contributed by atoms with van der Waals surface area (Å²) >= 11 is 0. The van der Waals surface area contributed by atoms with E-state index in [1.54, 1.807) is 0 Å². The molecule has 0 atom stereocenters. The fourth-order valence-electron chi connectivity index (χ4n) is 3.20. The van der Waals surface area contributed by atoms with Crippen molar-refractivity contribution in [3.8, 4) is 11.3 Å². The van der Waals surface area contributed by atoms with Crippen molar-refractivity contribution >= 4 is 0 Å². The number of rotatable bonds is 2. The molecule has 0 amide bonds. The molecule has 0 radical (unpaired) electrons. The maximum Gasteiger partial charge on any atom is 0.286 e. The van der Waals surface area contributed by atoms with Crippen LogP contribution in [0.1, 0.15) is 50.5 Å². The summed E-state index contributed by atoms with van der Waals surface area (Å²) in [6.07, 6.45) is 9.20. The molecule has 3 rings (SSSR count). The van der Waals surface area contributed by atoms with E-state index in [9.17, 15) is 0 Å². The van der Waals surface area contributed by atoms with Crippen molar-refractivity contribution in [3.05, 3.63) is 47.9 Å². The molecule has 0 N–H and O–H groups in total. The monoisotopic (exact) mass is 268 g/mol. The molecule has 1 aromatic heterocycles. The molecule has 20 heavy (non-hydrogen) atoms. The zero-order valence-corrected chi connectivity index (χ0v) is 12.4. The van der Waals surface area contributed by atoms with Crippen LogP contribution >= 0.6 is 0 Å². The van der Waals surface area contributed by atoms with Gasteiger partial charge in [-0.2, -0.15) is 0 Å². The molecule has 0 aliphatic heterocycles. The van der Waals surface area contributed by atoms with Gasteiger partial charge in [-0.1, -0.05) is 48.5 Å². The highest BCUT2D eigenvalue weighted by Gasteiger charge is 2.24. The summed E-state index contributed by atoms with van der Waals surface area (Å²) in [5.74, 6) is -0.484. The lowest BCUT2D eigenvalue weighted by Gasteiger charge is -2.23. The van der Waals surface area contributed by atoms with Gasteiger partial charge in [0.2, 0.25) is 0 Å². The molecule has 1 heterocycles. The van der Waals surface area contributed by atoms with E-state index >= 15 is 0 Å².